The van der Waals surface area contributed by atoms with Gasteiger partial charge in [0.25, 0.3) is 0 Å². The van der Waals surface area contributed by atoms with Crippen LogP contribution in [0.1, 0.15) is 13.8 Å². The minimum Gasteiger partial charge on any atom is -0.846 e. The molecule has 0 aliphatic rings. The van der Waals surface area contributed by atoms with Gasteiger partial charge in [-0.25, -0.2) is 0 Å². The molecule has 0 spiro atoms. The van der Waals surface area contributed by atoms with Gasteiger partial charge in [-0.15, -0.1) is 0 Å². The molecule has 0 aliphatic heterocycles. The maximum Gasteiger partial charge on any atom is 1.00 e. The maximum absolute atomic E-state index is 10.3. The van der Waals surface area contributed by atoms with Crippen LogP contribution in [0.5, 0.6) is 0 Å². The van der Waals surface area contributed by atoms with Gasteiger partial charge >= 0.3 is 29.6 Å². The van der Waals surface area contributed by atoms with Gasteiger partial charge in [-0.1, -0.05) is 31.7 Å². The first-order chi connectivity index (χ1) is 2.56. The SMILES string of the molecule is CC(C)([O-])C=S.[Na+]. The fraction of sp³-hybridized carbons (Fsp3) is 0.750. The molecule has 0 fully saturated rings. The molecule has 36 valence electrons. The zero-order chi connectivity index (χ0) is 5.21. The van der Waals surface area contributed by atoms with Crippen molar-refractivity contribution >= 4 is 17.6 Å². The summed E-state index contributed by atoms with van der Waals surface area (Å²) in [6.45, 7) is 3.06. The Kier molecular flexibility index (Phi) is 6.22. The Morgan fingerprint density at radius 1 is 1.57 bits per heavy atom. The van der Waals surface area contributed by atoms with Crippen molar-refractivity contribution in [3.8, 4) is 0 Å². The third-order valence-corrected chi connectivity index (χ3v) is 0.851. The first-order valence-corrected chi connectivity index (χ1v) is 2.20. The van der Waals surface area contributed by atoms with E-state index in [0.717, 1.165) is 0 Å². The second kappa shape index (κ2) is 3.98. The van der Waals surface area contributed by atoms with Crippen LogP contribution in [0.4, 0.5) is 0 Å². The van der Waals surface area contributed by atoms with Gasteiger partial charge in [0.1, 0.15) is 0 Å². The molecule has 0 saturated heterocycles. The molecule has 0 radical (unpaired) electrons. The van der Waals surface area contributed by atoms with Crippen LogP contribution in [-0.4, -0.2) is 11.0 Å². The molecule has 3 heteroatoms. The largest absolute Gasteiger partial charge is 1.00 e. The van der Waals surface area contributed by atoms with Crippen molar-refractivity contribution in [3.05, 3.63) is 0 Å². The van der Waals surface area contributed by atoms with Gasteiger partial charge in [0, 0.05) is 0 Å². The number of thiocarbonyl (C=S) groups is 1. The molecule has 7 heavy (non-hydrogen) atoms. The monoisotopic (exact) mass is 126 g/mol. The summed E-state index contributed by atoms with van der Waals surface area (Å²) in [5.41, 5.74) is -1.02. The molecule has 0 atom stereocenters. The summed E-state index contributed by atoms with van der Waals surface area (Å²) in [5.74, 6) is 0. The first kappa shape index (κ1) is 10.9. The van der Waals surface area contributed by atoms with Gasteiger partial charge in [-0.3, -0.25) is 0 Å². The van der Waals surface area contributed by atoms with Crippen LogP contribution in [-0.2, 0) is 0 Å². The van der Waals surface area contributed by atoms with Crippen molar-refractivity contribution in [3.63, 3.8) is 0 Å². The summed E-state index contributed by atoms with van der Waals surface area (Å²) in [7, 11) is 0. The number of hydrogen-bond donors (Lipinski definition) is 0. The molecule has 1 nitrogen and oxygen atoms in total. The van der Waals surface area contributed by atoms with Crippen LogP contribution in [0, 0.1) is 0 Å². The van der Waals surface area contributed by atoms with Crippen molar-refractivity contribution in [2.24, 2.45) is 0 Å². The van der Waals surface area contributed by atoms with E-state index in [-0.39, 0.29) is 29.6 Å². The average molecular weight is 126 g/mol. The van der Waals surface area contributed by atoms with E-state index in [0.29, 0.717) is 0 Å². The molecule has 0 N–H and O–H groups in total. The summed E-state index contributed by atoms with van der Waals surface area (Å²) in [5, 5.41) is 11.5. The molecule has 0 aliphatic carbocycles. The Bertz CT molecular complexity index is 57.2. The van der Waals surface area contributed by atoms with E-state index in [1.807, 2.05) is 0 Å². The summed E-state index contributed by atoms with van der Waals surface area (Å²) >= 11 is 4.35. The molecule has 0 bridgehead atoms. The van der Waals surface area contributed by atoms with Crippen LogP contribution >= 0.6 is 12.2 Å². The van der Waals surface area contributed by atoms with Gasteiger partial charge < -0.3 is 5.11 Å². The molecule has 0 aromatic carbocycles. The van der Waals surface area contributed by atoms with E-state index >= 15 is 0 Å². The third-order valence-electron chi connectivity index (χ3n) is 0.284. The third kappa shape index (κ3) is 11.0. The second-order valence-corrected chi connectivity index (χ2v) is 1.96. The smallest absolute Gasteiger partial charge is 0.846 e. The molecule has 0 rings (SSSR count). The van der Waals surface area contributed by atoms with E-state index in [2.05, 4.69) is 12.2 Å². The fourth-order valence-corrected chi connectivity index (χ4v) is 0. The molecule has 0 saturated carbocycles. The Labute approximate surface area is 71.4 Å². The Balaban J connectivity index is 0. The van der Waals surface area contributed by atoms with Crippen LogP contribution in [0.3, 0.4) is 0 Å². The molecular formula is C4H7NaOS. The minimum atomic E-state index is -1.02. The van der Waals surface area contributed by atoms with E-state index in [9.17, 15) is 5.11 Å². The zero-order valence-electron chi connectivity index (χ0n) is 4.89. The average Bonchev–Trinajstić information content (AvgIpc) is 1.35. The normalized spacial score (nSPS) is 9.57. The van der Waals surface area contributed by atoms with Crippen molar-refractivity contribution < 1.29 is 34.7 Å². The summed E-state index contributed by atoms with van der Waals surface area (Å²) in [4.78, 5) is 0. The van der Waals surface area contributed by atoms with Crippen molar-refractivity contribution in [2.75, 3.05) is 0 Å². The summed E-state index contributed by atoms with van der Waals surface area (Å²) < 4.78 is 0. The second-order valence-electron chi connectivity index (χ2n) is 1.72. The zero-order valence-corrected chi connectivity index (χ0v) is 7.71. The topological polar surface area (TPSA) is 23.1 Å². The summed E-state index contributed by atoms with van der Waals surface area (Å²) in [6, 6.07) is 0. The molecule has 0 aromatic heterocycles. The van der Waals surface area contributed by atoms with Gasteiger partial charge in [0.15, 0.2) is 0 Å². The first-order valence-electron chi connectivity index (χ1n) is 1.73. The van der Waals surface area contributed by atoms with E-state index in [1.54, 1.807) is 0 Å². The van der Waals surface area contributed by atoms with Crippen LogP contribution in [0.25, 0.3) is 0 Å². The number of rotatable bonds is 1. The summed E-state index contributed by atoms with van der Waals surface area (Å²) in [6.07, 6.45) is 0. The minimum absolute atomic E-state index is 0. The molecule has 0 unspecified atom stereocenters. The van der Waals surface area contributed by atoms with Crippen molar-refractivity contribution in [2.45, 2.75) is 19.4 Å². The van der Waals surface area contributed by atoms with Gasteiger partial charge in [0.2, 0.25) is 0 Å². The van der Waals surface area contributed by atoms with Crippen molar-refractivity contribution in [1.29, 1.82) is 0 Å². The Morgan fingerprint density at radius 2 is 1.71 bits per heavy atom. The van der Waals surface area contributed by atoms with E-state index in [4.69, 9.17) is 0 Å². The number of hydrogen-bond acceptors (Lipinski definition) is 2. The Hall–Kier alpha value is 1.05. The van der Waals surface area contributed by atoms with Crippen molar-refractivity contribution in [1.82, 2.24) is 0 Å². The quantitative estimate of drug-likeness (QED) is 0.278. The maximum atomic E-state index is 10.3. The van der Waals surface area contributed by atoms with Crippen LogP contribution in [0.15, 0.2) is 0 Å². The molecule has 0 heterocycles. The van der Waals surface area contributed by atoms with Gasteiger partial charge in [0.05, 0.1) is 0 Å². The van der Waals surface area contributed by atoms with Crippen LogP contribution < -0.4 is 34.7 Å². The molecular weight excluding hydrogens is 119 g/mol. The fourth-order valence-electron chi connectivity index (χ4n) is 0. The standard InChI is InChI=1S/C4H7OS.Na/c1-4(2,5)3-6;/h3H,1-2H3;/q-1;+1. The molecule has 0 amide bonds. The Morgan fingerprint density at radius 3 is 1.71 bits per heavy atom. The van der Waals surface area contributed by atoms with E-state index in [1.165, 1.54) is 19.2 Å². The van der Waals surface area contributed by atoms with Crippen LogP contribution in [0.2, 0.25) is 0 Å². The molecule has 0 aromatic rings. The van der Waals surface area contributed by atoms with E-state index < -0.39 is 5.60 Å². The predicted molar refractivity (Wildman–Crippen MR) is 27.7 cm³/mol. The van der Waals surface area contributed by atoms with Gasteiger partial charge in [-0.05, 0) is 5.37 Å². The van der Waals surface area contributed by atoms with Gasteiger partial charge in [-0.2, -0.15) is 0 Å². The predicted octanol–water partition coefficient (Wildman–Crippen LogP) is -2.87.